The molecular formula is C15H26N2O. The van der Waals surface area contributed by atoms with Gasteiger partial charge in [0.1, 0.15) is 0 Å². The number of rotatable bonds is 5. The first-order valence-corrected chi connectivity index (χ1v) is 7.99. The highest BCUT2D eigenvalue weighted by Gasteiger charge is 2.56. The monoisotopic (exact) mass is 250 g/mol. The molecule has 5 atom stereocenters. The zero-order valence-corrected chi connectivity index (χ0v) is 11.3. The maximum absolute atomic E-state index is 6.24. The molecule has 3 heteroatoms. The van der Waals surface area contributed by atoms with E-state index in [4.69, 9.17) is 4.74 Å². The normalized spacial score (nSPS) is 46.3. The first-order chi connectivity index (χ1) is 8.92. The van der Waals surface area contributed by atoms with Gasteiger partial charge < -0.3 is 15.0 Å². The molecule has 2 aliphatic heterocycles. The largest absolute Gasteiger partial charge is 0.376 e. The molecule has 2 bridgehead atoms. The molecule has 18 heavy (non-hydrogen) atoms. The van der Waals surface area contributed by atoms with Crippen LogP contribution in [0.1, 0.15) is 32.1 Å². The van der Waals surface area contributed by atoms with Gasteiger partial charge in [-0.25, -0.2) is 0 Å². The molecule has 0 spiro atoms. The fraction of sp³-hybridized carbons (Fsp3) is 1.00. The lowest BCUT2D eigenvalue weighted by Gasteiger charge is -2.28. The minimum absolute atomic E-state index is 0.548. The second-order valence-corrected chi connectivity index (χ2v) is 6.83. The molecule has 2 heterocycles. The van der Waals surface area contributed by atoms with Crippen LogP contribution in [-0.4, -0.2) is 49.8 Å². The van der Waals surface area contributed by atoms with Crippen LogP contribution in [0, 0.1) is 17.8 Å². The molecular weight excluding hydrogens is 224 g/mol. The number of nitrogens with one attached hydrogen (secondary N) is 1. The van der Waals surface area contributed by atoms with Crippen molar-refractivity contribution in [3.63, 3.8) is 0 Å². The Bertz CT molecular complexity index is 301. The van der Waals surface area contributed by atoms with Gasteiger partial charge in [-0.05, 0) is 69.5 Å². The minimum atomic E-state index is 0.548. The van der Waals surface area contributed by atoms with Gasteiger partial charge in [-0.15, -0.1) is 0 Å². The Kier molecular flexibility index (Phi) is 3.10. The SMILES string of the molecule is C1CCN(CCCOC2C3CC4CNC2C4C3)C1. The number of hydrogen-bond donors (Lipinski definition) is 1. The Morgan fingerprint density at radius 1 is 1.11 bits per heavy atom. The van der Waals surface area contributed by atoms with E-state index in [1.165, 1.54) is 58.3 Å². The van der Waals surface area contributed by atoms with Gasteiger partial charge >= 0.3 is 0 Å². The van der Waals surface area contributed by atoms with Crippen LogP contribution in [-0.2, 0) is 4.74 Å². The van der Waals surface area contributed by atoms with Crippen LogP contribution in [0.3, 0.4) is 0 Å². The third kappa shape index (κ3) is 1.91. The zero-order chi connectivity index (χ0) is 11.9. The van der Waals surface area contributed by atoms with Crippen molar-refractivity contribution in [1.82, 2.24) is 10.2 Å². The summed E-state index contributed by atoms with van der Waals surface area (Å²) >= 11 is 0. The van der Waals surface area contributed by atoms with Crippen molar-refractivity contribution in [2.24, 2.45) is 17.8 Å². The van der Waals surface area contributed by atoms with Gasteiger partial charge in [0.2, 0.25) is 0 Å². The molecule has 0 aromatic carbocycles. The van der Waals surface area contributed by atoms with Crippen LogP contribution < -0.4 is 5.32 Å². The summed E-state index contributed by atoms with van der Waals surface area (Å²) < 4.78 is 6.24. The molecule has 1 N–H and O–H groups in total. The molecule has 2 aliphatic carbocycles. The second-order valence-electron chi connectivity index (χ2n) is 6.83. The van der Waals surface area contributed by atoms with Gasteiger partial charge in [0.25, 0.3) is 0 Å². The lowest BCUT2D eigenvalue weighted by atomic mass is 9.88. The molecule has 4 aliphatic rings. The Morgan fingerprint density at radius 2 is 2.00 bits per heavy atom. The fourth-order valence-electron chi connectivity index (χ4n) is 4.99. The molecule has 4 rings (SSSR count). The summed E-state index contributed by atoms with van der Waals surface area (Å²) in [6.07, 6.45) is 7.46. The maximum Gasteiger partial charge on any atom is 0.0759 e. The lowest BCUT2D eigenvalue weighted by Crippen LogP contribution is -2.40. The Hall–Kier alpha value is -0.120. The molecule has 4 fully saturated rings. The summed E-state index contributed by atoms with van der Waals surface area (Å²) in [5.74, 6) is 2.83. The van der Waals surface area contributed by atoms with Crippen LogP contribution in [0.5, 0.6) is 0 Å². The summed E-state index contributed by atoms with van der Waals surface area (Å²) in [6, 6.07) is 0.709. The van der Waals surface area contributed by atoms with E-state index in [0.717, 1.165) is 24.4 Å². The molecule has 3 nitrogen and oxygen atoms in total. The van der Waals surface area contributed by atoms with Crippen molar-refractivity contribution in [1.29, 1.82) is 0 Å². The van der Waals surface area contributed by atoms with E-state index < -0.39 is 0 Å². The van der Waals surface area contributed by atoms with E-state index in [9.17, 15) is 0 Å². The molecule has 0 aromatic heterocycles. The lowest BCUT2D eigenvalue weighted by molar-refractivity contribution is -0.000697. The Labute approximate surface area is 110 Å². The average Bonchev–Trinajstić information content (AvgIpc) is 3.06. The average molecular weight is 250 g/mol. The number of likely N-dealkylation sites (tertiary alicyclic amines) is 1. The van der Waals surface area contributed by atoms with E-state index in [1.54, 1.807) is 0 Å². The van der Waals surface area contributed by atoms with E-state index in [0.29, 0.717) is 12.1 Å². The molecule has 0 amide bonds. The summed E-state index contributed by atoms with van der Waals surface area (Å²) in [5.41, 5.74) is 0. The van der Waals surface area contributed by atoms with E-state index in [-0.39, 0.29) is 0 Å². The van der Waals surface area contributed by atoms with Crippen molar-refractivity contribution >= 4 is 0 Å². The van der Waals surface area contributed by atoms with Crippen molar-refractivity contribution in [3.05, 3.63) is 0 Å². The number of fused-ring (bicyclic) bond motifs is 1. The number of ether oxygens (including phenoxy) is 1. The molecule has 0 radical (unpaired) electrons. The van der Waals surface area contributed by atoms with Gasteiger partial charge in [0.15, 0.2) is 0 Å². The molecule has 5 unspecified atom stereocenters. The molecule has 2 saturated heterocycles. The Morgan fingerprint density at radius 3 is 2.89 bits per heavy atom. The van der Waals surface area contributed by atoms with E-state index in [1.807, 2.05) is 0 Å². The van der Waals surface area contributed by atoms with Crippen LogP contribution in [0.15, 0.2) is 0 Å². The van der Waals surface area contributed by atoms with E-state index >= 15 is 0 Å². The van der Waals surface area contributed by atoms with Crippen molar-refractivity contribution in [3.8, 4) is 0 Å². The van der Waals surface area contributed by atoms with Crippen LogP contribution in [0.25, 0.3) is 0 Å². The first kappa shape index (κ1) is 11.7. The van der Waals surface area contributed by atoms with Crippen LogP contribution in [0.4, 0.5) is 0 Å². The zero-order valence-electron chi connectivity index (χ0n) is 11.3. The maximum atomic E-state index is 6.24. The number of nitrogens with zero attached hydrogens (tertiary/aromatic N) is 1. The molecule has 0 aromatic rings. The molecule has 102 valence electrons. The van der Waals surface area contributed by atoms with Crippen LogP contribution in [0.2, 0.25) is 0 Å². The second kappa shape index (κ2) is 4.77. The summed E-state index contributed by atoms with van der Waals surface area (Å²) in [4.78, 5) is 2.59. The Balaban J connectivity index is 1.21. The van der Waals surface area contributed by atoms with Crippen molar-refractivity contribution < 1.29 is 4.74 Å². The van der Waals surface area contributed by atoms with E-state index in [2.05, 4.69) is 10.2 Å². The standard InChI is InChI=1S/C15H26N2O/c1-2-5-17(4-1)6-3-7-18-15-11-8-12-10-16-14(15)13(12)9-11/h11-16H,1-10H2. The van der Waals surface area contributed by atoms with Gasteiger partial charge in [-0.3, -0.25) is 0 Å². The summed E-state index contributed by atoms with van der Waals surface area (Å²) in [6.45, 7) is 6.13. The predicted molar refractivity (Wildman–Crippen MR) is 71.5 cm³/mol. The van der Waals surface area contributed by atoms with Crippen molar-refractivity contribution in [2.45, 2.75) is 44.2 Å². The highest BCUT2D eigenvalue weighted by molar-refractivity contribution is 5.10. The van der Waals surface area contributed by atoms with Gasteiger partial charge in [0.05, 0.1) is 6.10 Å². The third-order valence-corrected chi connectivity index (χ3v) is 5.81. The number of hydrogen-bond acceptors (Lipinski definition) is 3. The smallest absolute Gasteiger partial charge is 0.0759 e. The van der Waals surface area contributed by atoms with Gasteiger partial charge in [0, 0.05) is 19.2 Å². The predicted octanol–water partition coefficient (Wildman–Crippen LogP) is 1.49. The summed E-state index contributed by atoms with van der Waals surface area (Å²) in [5, 5.41) is 3.71. The molecule has 2 saturated carbocycles. The van der Waals surface area contributed by atoms with Gasteiger partial charge in [-0.2, -0.15) is 0 Å². The summed E-state index contributed by atoms with van der Waals surface area (Å²) in [7, 11) is 0. The minimum Gasteiger partial charge on any atom is -0.376 e. The topological polar surface area (TPSA) is 24.5 Å². The third-order valence-electron chi connectivity index (χ3n) is 5.81. The van der Waals surface area contributed by atoms with Crippen LogP contribution >= 0.6 is 0 Å². The highest BCUT2D eigenvalue weighted by Crippen LogP contribution is 2.52. The fourth-order valence-corrected chi connectivity index (χ4v) is 4.99. The first-order valence-electron chi connectivity index (χ1n) is 7.99. The van der Waals surface area contributed by atoms with Gasteiger partial charge in [-0.1, -0.05) is 0 Å². The van der Waals surface area contributed by atoms with Crippen molar-refractivity contribution in [2.75, 3.05) is 32.8 Å². The highest BCUT2D eigenvalue weighted by atomic mass is 16.5. The quantitative estimate of drug-likeness (QED) is 0.748.